The summed E-state index contributed by atoms with van der Waals surface area (Å²) in [6, 6.07) is 9.56. The minimum absolute atomic E-state index is 0.0841. The summed E-state index contributed by atoms with van der Waals surface area (Å²) in [6.07, 6.45) is 2.46. The van der Waals surface area contributed by atoms with E-state index in [1.807, 2.05) is 58.0 Å². The fraction of sp³-hybridized carbons (Fsp3) is 0.471. The molecule has 0 fully saturated rings. The number of ether oxygens (including phenoxy) is 1. The van der Waals surface area contributed by atoms with E-state index in [9.17, 15) is 9.90 Å². The van der Waals surface area contributed by atoms with Gasteiger partial charge in [0.25, 0.3) is 0 Å². The average molecular weight is 291 g/mol. The Balaban J connectivity index is 2.46. The van der Waals surface area contributed by atoms with Crippen molar-refractivity contribution in [1.29, 1.82) is 0 Å². The highest BCUT2D eigenvalue weighted by molar-refractivity contribution is 5.68. The highest BCUT2D eigenvalue weighted by atomic mass is 16.5. The van der Waals surface area contributed by atoms with E-state index in [-0.39, 0.29) is 18.2 Å². The molecule has 0 heterocycles. The van der Waals surface area contributed by atoms with Gasteiger partial charge >= 0.3 is 6.09 Å². The van der Waals surface area contributed by atoms with Crippen LogP contribution in [0.2, 0.25) is 0 Å². The molecule has 0 spiro atoms. The molecular weight excluding hydrogens is 266 g/mol. The maximum Gasteiger partial charge on any atom is 0.415 e. The van der Waals surface area contributed by atoms with Gasteiger partial charge in [0, 0.05) is 12.1 Å². The van der Waals surface area contributed by atoms with Crippen LogP contribution < -0.4 is 0 Å². The summed E-state index contributed by atoms with van der Waals surface area (Å²) in [6.45, 7) is 7.79. The molecule has 1 atom stereocenters. The zero-order valence-electron chi connectivity index (χ0n) is 13.2. The molecule has 1 unspecified atom stereocenters. The van der Waals surface area contributed by atoms with E-state index in [1.165, 1.54) is 6.26 Å². The van der Waals surface area contributed by atoms with Gasteiger partial charge in [-0.15, -0.1) is 0 Å². The second kappa shape index (κ2) is 8.47. The van der Waals surface area contributed by atoms with Gasteiger partial charge in [0.05, 0.1) is 12.4 Å². The highest BCUT2D eigenvalue weighted by Crippen LogP contribution is 2.16. The van der Waals surface area contributed by atoms with Gasteiger partial charge in [0.2, 0.25) is 0 Å². The smallest absolute Gasteiger partial charge is 0.415 e. The fourth-order valence-corrected chi connectivity index (χ4v) is 2.18. The van der Waals surface area contributed by atoms with Crippen molar-refractivity contribution in [1.82, 2.24) is 4.90 Å². The summed E-state index contributed by atoms with van der Waals surface area (Å²) in [5.41, 5.74) is 0.847. The van der Waals surface area contributed by atoms with Crippen molar-refractivity contribution in [3.05, 3.63) is 48.2 Å². The van der Waals surface area contributed by atoms with E-state index in [1.54, 1.807) is 11.0 Å². The molecule has 0 saturated carbocycles. The zero-order valence-corrected chi connectivity index (χ0v) is 13.2. The van der Waals surface area contributed by atoms with Crippen LogP contribution in [0, 0.1) is 0 Å². The van der Waals surface area contributed by atoms with Crippen LogP contribution in [0.5, 0.6) is 0 Å². The Morgan fingerprint density at radius 3 is 2.29 bits per heavy atom. The van der Waals surface area contributed by atoms with Crippen LogP contribution in [0.1, 0.15) is 45.8 Å². The fourth-order valence-electron chi connectivity index (χ4n) is 2.18. The van der Waals surface area contributed by atoms with E-state index in [2.05, 4.69) is 0 Å². The molecule has 1 aromatic rings. The van der Waals surface area contributed by atoms with Gasteiger partial charge in [0.1, 0.15) is 0 Å². The Labute approximate surface area is 127 Å². The molecule has 0 radical (unpaired) electrons. The summed E-state index contributed by atoms with van der Waals surface area (Å²) in [7, 11) is 0. The van der Waals surface area contributed by atoms with Crippen molar-refractivity contribution in [2.24, 2.45) is 0 Å². The Hall–Kier alpha value is -1.81. The number of aliphatic hydroxyl groups is 1. The molecule has 1 N–H and O–H groups in total. The first-order chi connectivity index (χ1) is 9.93. The van der Waals surface area contributed by atoms with Gasteiger partial charge in [-0.2, -0.15) is 0 Å². The van der Waals surface area contributed by atoms with E-state index >= 15 is 0 Å². The van der Waals surface area contributed by atoms with Crippen molar-refractivity contribution in [2.75, 3.05) is 0 Å². The second-order valence-electron chi connectivity index (χ2n) is 5.51. The summed E-state index contributed by atoms with van der Waals surface area (Å²) >= 11 is 0. The first-order valence-electron chi connectivity index (χ1n) is 7.30. The molecule has 0 saturated heterocycles. The number of benzene rings is 1. The molecule has 0 aromatic heterocycles. The van der Waals surface area contributed by atoms with Crippen molar-refractivity contribution in [3.63, 3.8) is 0 Å². The molecule has 116 valence electrons. The second-order valence-corrected chi connectivity index (χ2v) is 5.51. The summed E-state index contributed by atoms with van der Waals surface area (Å²) in [4.78, 5) is 13.6. The first kappa shape index (κ1) is 17.2. The van der Waals surface area contributed by atoms with E-state index in [0.717, 1.165) is 5.56 Å². The minimum atomic E-state index is -0.590. The number of hydrogen-bond donors (Lipinski definition) is 1. The number of amides is 1. The number of carbonyl (C=O) groups is 1. The largest absolute Gasteiger partial charge is 0.418 e. The number of rotatable bonds is 6. The molecular formula is C17H25NO3. The predicted molar refractivity (Wildman–Crippen MR) is 83.8 cm³/mol. The number of nitrogens with zero attached hydrogens (tertiary/aromatic N) is 1. The van der Waals surface area contributed by atoms with Gasteiger partial charge in [-0.05, 0) is 45.8 Å². The van der Waals surface area contributed by atoms with Crippen LogP contribution in [0.25, 0.3) is 0 Å². The topological polar surface area (TPSA) is 49.8 Å². The van der Waals surface area contributed by atoms with Crippen molar-refractivity contribution in [3.8, 4) is 0 Å². The lowest BCUT2D eigenvalue weighted by Crippen LogP contribution is -2.41. The van der Waals surface area contributed by atoms with Crippen LogP contribution in [0.4, 0.5) is 4.79 Å². The lowest BCUT2D eigenvalue weighted by atomic mass is 10.1. The Morgan fingerprint density at radius 1 is 1.19 bits per heavy atom. The lowest BCUT2D eigenvalue weighted by Gasteiger charge is -2.28. The van der Waals surface area contributed by atoms with E-state index in [0.29, 0.717) is 6.42 Å². The summed E-state index contributed by atoms with van der Waals surface area (Å²) in [5.74, 6) is 0. The Bertz CT molecular complexity index is 446. The molecule has 21 heavy (non-hydrogen) atoms. The molecule has 1 aromatic carbocycles. The normalized spacial score (nSPS) is 12.9. The Kier molecular flexibility index (Phi) is 6.96. The zero-order chi connectivity index (χ0) is 15.8. The van der Waals surface area contributed by atoms with Crippen molar-refractivity contribution < 1.29 is 14.6 Å². The summed E-state index contributed by atoms with van der Waals surface area (Å²) in [5, 5.41) is 9.97. The average Bonchev–Trinajstić information content (AvgIpc) is 2.43. The van der Waals surface area contributed by atoms with E-state index < -0.39 is 6.10 Å². The maximum absolute atomic E-state index is 11.9. The van der Waals surface area contributed by atoms with Gasteiger partial charge in [-0.1, -0.05) is 30.3 Å². The predicted octanol–water partition coefficient (Wildman–Crippen LogP) is 3.88. The molecule has 4 heteroatoms. The molecule has 0 aliphatic carbocycles. The summed E-state index contributed by atoms with van der Waals surface area (Å²) < 4.78 is 5.11. The monoisotopic (exact) mass is 291 g/mol. The molecule has 4 nitrogen and oxygen atoms in total. The minimum Gasteiger partial charge on any atom is -0.418 e. The van der Waals surface area contributed by atoms with Crippen LogP contribution in [0.3, 0.4) is 0 Å². The first-order valence-corrected chi connectivity index (χ1v) is 7.30. The quantitative estimate of drug-likeness (QED) is 0.809. The highest BCUT2D eigenvalue weighted by Gasteiger charge is 2.20. The van der Waals surface area contributed by atoms with Crippen molar-refractivity contribution >= 4 is 6.09 Å². The van der Waals surface area contributed by atoms with Gasteiger partial charge in [-0.25, -0.2) is 4.79 Å². The third-order valence-corrected chi connectivity index (χ3v) is 3.13. The van der Waals surface area contributed by atoms with E-state index in [4.69, 9.17) is 4.74 Å². The van der Waals surface area contributed by atoms with Crippen LogP contribution in [-0.4, -0.2) is 28.2 Å². The Morgan fingerprint density at radius 2 is 1.76 bits per heavy atom. The third kappa shape index (κ3) is 5.60. The number of aliphatic hydroxyl groups excluding tert-OH is 1. The van der Waals surface area contributed by atoms with Gasteiger partial charge in [0.15, 0.2) is 0 Å². The van der Waals surface area contributed by atoms with Crippen LogP contribution in [-0.2, 0) is 4.74 Å². The SMILES string of the molecule is CC(C)N(C(=O)O/C=C\CC(O)c1ccccc1)C(C)C. The number of carbonyl (C=O) groups excluding carboxylic acids is 1. The van der Waals surface area contributed by atoms with Crippen molar-refractivity contribution in [2.45, 2.75) is 52.3 Å². The third-order valence-electron chi connectivity index (χ3n) is 3.13. The van der Waals surface area contributed by atoms with Gasteiger partial charge < -0.3 is 14.7 Å². The number of hydrogen-bond acceptors (Lipinski definition) is 3. The van der Waals surface area contributed by atoms with Crippen LogP contribution >= 0.6 is 0 Å². The molecule has 0 aliphatic heterocycles. The maximum atomic E-state index is 11.9. The molecule has 1 rings (SSSR count). The standard InChI is InChI=1S/C17H25NO3/c1-13(2)18(14(3)4)17(20)21-12-8-11-16(19)15-9-6-5-7-10-15/h5-10,12-14,16,19H,11H2,1-4H3/b12-8-. The molecule has 0 aliphatic rings. The molecule has 0 bridgehead atoms. The lowest BCUT2D eigenvalue weighted by molar-refractivity contribution is 0.108. The molecule has 1 amide bonds. The van der Waals surface area contributed by atoms with Gasteiger partial charge in [-0.3, -0.25) is 0 Å². The van der Waals surface area contributed by atoms with Crippen LogP contribution in [0.15, 0.2) is 42.7 Å².